The van der Waals surface area contributed by atoms with Crippen molar-refractivity contribution in [1.29, 1.82) is 0 Å². The van der Waals surface area contributed by atoms with E-state index in [1.165, 1.54) is 4.90 Å². The van der Waals surface area contributed by atoms with Crippen LogP contribution in [0.3, 0.4) is 0 Å². The fourth-order valence-corrected chi connectivity index (χ4v) is 2.11. The molecule has 0 saturated heterocycles. The predicted octanol–water partition coefficient (Wildman–Crippen LogP) is 2.35. The molecule has 0 radical (unpaired) electrons. The maximum Gasteiger partial charge on any atom is 0.191 e. The number of nitrogens with one attached hydrogen (secondary N) is 2. The lowest BCUT2D eigenvalue weighted by molar-refractivity contribution is 0.706. The Hall–Kier alpha value is -1.16. The van der Waals surface area contributed by atoms with Gasteiger partial charge < -0.3 is 10.6 Å². The molecule has 0 aliphatic rings. The first kappa shape index (κ1) is 13.9. The zero-order valence-electron chi connectivity index (χ0n) is 10.7. The van der Waals surface area contributed by atoms with Gasteiger partial charge in [-0.3, -0.25) is 4.99 Å². The van der Waals surface area contributed by atoms with E-state index in [9.17, 15) is 0 Å². The maximum atomic E-state index is 4.16. The topological polar surface area (TPSA) is 36.4 Å². The molecule has 1 aromatic carbocycles. The van der Waals surface area contributed by atoms with E-state index < -0.39 is 0 Å². The zero-order chi connectivity index (χ0) is 12.5. The molecule has 2 N–H and O–H groups in total. The van der Waals surface area contributed by atoms with Crippen LogP contribution in [0.2, 0.25) is 0 Å². The van der Waals surface area contributed by atoms with Crippen molar-refractivity contribution in [2.24, 2.45) is 4.99 Å². The van der Waals surface area contributed by atoms with Gasteiger partial charge in [-0.1, -0.05) is 18.2 Å². The number of benzene rings is 1. The minimum absolute atomic E-state index is 0.406. The number of hydrogen-bond donors (Lipinski definition) is 2. The summed E-state index contributed by atoms with van der Waals surface area (Å²) >= 11 is 1.85. The van der Waals surface area contributed by atoms with Crippen LogP contribution in [0.1, 0.15) is 13.8 Å². The van der Waals surface area contributed by atoms with Gasteiger partial charge in [0.05, 0.1) is 0 Å². The van der Waals surface area contributed by atoms with Crippen LogP contribution in [0.15, 0.2) is 40.2 Å². The van der Waals surface area contributed by atoms with Gasteiger partial charge in [-0.2, -0.15) is 0 Å². The SMILES string of the molecule is CN=C(NCCSc1ccccc1)NC(C)C. The second-order valence-electron chi connectivity index (χ2n) is 3.96. The van der Waals surface area contributed by atoms with Crippen molar-refractivity contribution in [2.75, 3.05) is 19.3 Å². The van der Waals surface area contributed by atoms with Crippen LogP contribution in [0.5, 0.6) is 0 Å². The molecule has 0 heterocycles. The third-order valence-electron chi connectivity index (χ3n) is 2.06. The smallest absolute Gasteiger partial charge is 0.191 e. The highest BCUT2D eigenvalue weighted by atomic mass is 32.2. The van der Waals surface area contributed by atoms with Crippen molar-refractivity contribution >= 4 is 17.7 Å². The molecule has 17 heavy (non-hydrogen) atoms. The third-order valence-corrected chi connectivity index (χ3v) is 3.07. The summed E-state index contributed by atoms with van der Waals surface area (Å²) in [7, 11) is 1.79. The second-order valence-corrected chi connectivity index (χ2v) is 5.13. The van der Waals surface area contributed by atoms with Gasteiger partial charge >= 0.3 is 0 Å². The Morgan fingerprint density at radius 2 is 2.00 bits per heavy atom. The fraction of sp³-hybridized carbons (Fsp3) is 0.462. The van der Waals surface area contributed by atoms with Gasteiger partial charge in [0, 0.05) is 30.3 Å². The molecule has 0 spiro atoms. The Labute approximate surface area is 108 Å². The fourth-order valence-electron chi connectivity index (χ4n) is 1.32. The average Bonchev–Trinajstić information content (AvgIpc) is 2.34. The van der Waals surface area contributed by atoms with Crippen molar-refractivity contribution in [3.05, 3.63) is 30.3 Å². The molecule has 4 heteroatoms. The van der Waals surface area contributed by atoms with Gasteiger partial charge in [-0.25, -0.2) is 0 Å². The molecule has 94 valence electrons. The van der Waals surface area contributed by atoms with Gasteiger partial charge in [0.2, 0.25) is 0 Å². The lowest BCUT2D eigenvalue weighted by Gasteiger charge is -2.14. The van der Waals surface area contributed by atoms with Crippen LogP contribution >= 0.6 is 11.8 Å². The number of guanidine groups is 1. The van der Waals surface area contributed by atoms with Crippen molar-refractivity contribution in [3.8, 4) is 0 Å². The summed E-state index contributed by atoms with van der Waals surface area (Å²) in [5, 5.41) is 6.55. The minimum Gasteiger partial charge on any atom is -0.356 e. The summed E-state index contributed by atoms with van der Waals surface area (Å²) in [6.07, 6.45) is 0. The van der Waals surface area contributed by atoms with E-state index in [1.807, 2.05) is 17.8 Å². The Balaban J connectivity index is 2.19. The van der Waals surface area contributed by atoms with Crippen LogP contribution in [-0.2, 0) is 0 Å². The van der Waals surface area contributed by atoms with E-state index >= 15 is 0 Å². The van der Waals surface area contributed by atoms with Crippen molar-refractivity contribution in [1.82, 2.24) is 10.6 Å². The van der Waals surface area contributed by atoms with Crippen LogP contribution in [0.25, 0.3) is 0 Å². The van der Waals surface area contributed by atoms with E-state index in [2.05, 4.69) is 53.7 Å². The number of thioether (sulfide) groups is 1. The molecular formula is C13H21N3S. The summed E-state index contributed by atoms with van der Waals surface area (Å²) in [6.45, 7) is 5.11. The van der Waals surface area contributed by atoms with E-state index in [0.717, 1.165) is 18.3 Å². The van der Waals surface area contributed by atoms with E-state index in [1.54, 1.807) is 7.05 Å². The Morgan fingerprint density at radius 1 is 1.29 bits per heavy atom. The quantitative estimate of drug-likeness (QED) is 0.365. The van der Waals surface area contributed by atoms with Crippen LogP contribution < -0.4 is 10.6 Å². The first-order valence-corrected chi connectivity index (χ1v) is 6.86. The van der Waals surface area contributed by atoms with Crippen molar-refractivity contribution in [3.63, 3.8) is 0 Å². The molecule has 3 nitrogen and oxygen atoms in total. The summed E-state index contributed by atoms with van der Waals surface area (Å²) < 4.78 is 0. The molecule has 0 atom stereocenters. The standard InChI is InChI=1S/C13H21N3S/c1-11(2)16-13(14-3)15-9-10-17-12-7-5-4-6-8-12/h4-8,11H,9-10H2,1-3H3,(H2,14,15,16). The van der Waals surface area contributed by atoms with Crippen molar-refractivity contribution < 1.29 is 0 Å². The van der Waals surface area contributed by atoms with Crippen molar-refractivity contribution in [2.45, 2.75) is 24.8 Å². The number of aliphatic imine (C=N–C) groups is 1. The number of hydrogen-bond acceptors (Lipinski definition) is 2. The number of nitrogens with zero attached hydrogens (tertiary/aromatic N) is 1. The molecule has 0 aliphatic carbocycles. The molecule has 0 unspecified atom stereocenters. The summed E-state index contributed by atoms with van der Waals surface area (Å²) in [5.41, 5.74) is 0. The van der Waals surface area contributed by atoms with Gasteiger partial charge in [0.1, 0.15) is 0 Å². The maximum absolute atomic E-state index is 4.16. The Kier molecular flexibility index (Phi) is 6.55. The van der Waals surface area contributed by atoms with Crippen LogP contribution in [0, 0.1) is 0 Å². The molecule has 0 aliphatic heterocycles. The molecule has 0 aromatic heterocycles. The number of rotatable bonds is 5. The highest BCUT2D eigenvalue weighted by Gasteiger charge is 1.99. The van der Waals surface area contributed by atoms with E-state index in [0.29, 0.717) is 6.04 Å². The minimum atomic E-state index is 0.406. The molecule has 0 bridgehead atoms. The zero-order valence-corrected chi connectivity index (χ0v) is 11.6. The highest BCUT2D eigenvalue weighted by Crippen LogP contribution is 2.15. The highest BCUT2D eigenvalue weighted by molar-refractivity contribution is 7.99. The molecule has 1 rings (SSSR count). The second kappa shape index (κ2) is 8.01. The molecule has 0 amide bonds. The van der Waals surface area contributed by atoms with Gasteiger partial charge in [-0.15, -0.1) is 11.8 Å². The largest absolute Gasteiger partial charge is 0.356 e. The van der Waals surface area contributed by atoms with E-state index in [4.69, 9.17) is 0 Å². The average molecular weight is 251 g/mol. The molecular weight excluding hydrogens is 230 g/mol. The summed E-state index contributed by atoms with van der Waals surface area (Å²) in [5.74, 6) is 1.90. The normalized spacial score (nSPS) is 11.6. The van der Waals surface area contributed by atoms with Crippen LogP contribution in [0.4, 0.5) is 0 Å². The monoisotopic (exact) mass is 251 g/mol. The Bertz CT molecular complexity index is 336. The summed E-state index contributed by atoms with van der Waals surface area (Å²) in [4.78, 5) is 5.46. The molecule has 1 aromatic rings. The van der Waals surface area contributed by atoms with Gasteiger partial charge in [-0.05, 0) is 26.0 Å². The molecule has 0 saturated carbocycles. The first-order chi connectivity index (χ1) is 8.22. The lowest BCUT2D eigenvalue weighted by Crippen LogP contribution is -2.41. The van der Waals surface area contributed by atoms with Gasteiger partial charge in [0.15, 0.2) is 5.96 Å². The van der Waals surface area contributed by atoms with E-state index in [-0.39, 0.29) is 0 Å². The Morgan fingerprint density at radius 3 is 2.59 bits per heavy atom. The lowest BCUT2D eigenvalue weighted by atomic mass is 10.4. The van der Waals surface area contributed by atoms with Crippen LogP contribution in [-0.4, -0.2) is 31.3 Å². The van der Waals surface area contributed by atoms with Gasteiger partial charge in [0.25, 0.3) is 0 Å². The summed E-state index contributed by atoms with van der Waals surface area (Å²) in [6, 6.07) is 10.8. The molecule has 0 fully saturated rings. The first-order valence-electron chi connectivity index (χ1n) is 5.87. The third kappa shape index (κ3) is 6.22. The predicted molar refractivity (Wildman–Crippen MR) is 76.8 cm³/mol.